The van der Waals surface area contributed by atoms with E-state index in [4.69, 9.17) is 18.9 Å². The molecule has 0 N–H and O–H groups in total. The Hall–Kier alpha value is -2.83. The molecule has 120 valence electrons. The van der Waals surface area contributed by atoms with Crippen molar-refractivity contribution in [2.24, 2.45) is 0 Å². The molecule has 0 radical (unpaired) electrons. The number of cyclic esters (lactones) is 3. The lowest BCUT2D eigenvalue weighted by Gasteiger charge is -2.31. The summed E-state index contributed by atoms with van der Waals surface area (Å²) in [4.78, 5) is 34.4. The average Bonchev–Trinajstić information content (AvgIpc) is 2.91. The van der Waals surface area contributed by atoms with Crippen molar-refractivity contribution in [3.05, 3.63) is 48.0 Å². The molecule has 7 heteroatoms. The van der Waals surface area contributed by atoms with Gasteiger partial charge in [0.05, 0.1) is 0 Å². The molecule has 1 fully saturated rings. The highest BCUT2D eigenvalue weighted by atomic mass is 16.8. The van der Waals surface area contributed by atoms with Crippen LogP contribution in [-0.4, -0.2) is 36.4 Å². The van der Waals surface area contributed by atoms with E-state index in [0.717, 1.165) is 0 Å². The largest absolute Gasteiger partial charge is 0.509 e. The maximum absolute atomic E-state index is 11.6. The number of hydrogen-bond donors (Lipinski definition) is 0. The molecule has 3 rings (SSSR count). The van der Waals surface area contributed by atoms with Crippen molar-refractivity contribution in [2.75, 3.05) is 0 Å². The van der Waals surface area contributed by atoms with Gasteiger partial charge in [0.2, 0.25) is 0 Å². The van der Waals surface area contributed by atoms with E-state index >= 15 is 0 Å². The first kappa shape index (κ1) is 15.1. The van der Waals surface area contributed by atoms with Crippen LogP contribution < -0.4 is 0 Å². The van der Waals surface area contributed by atoms with E-state index in [-0.39, 0.29) is 0 Å². The third-order valence-corrected chi connectivity index (χ3v) is 3.51. The van der Waals surface area contributed by atoms with Crippen LogP contribution in [-0.2, 0) is 28.5 Å². The number of hydrogen-bond acceptors (Lipinski definition) is 7. The topological polar surface area (TPSA) is 88.1 Å². The summed E-state index contributed by atoms with van der Waals surface area (Å²) in [5.41, 5.74) is 0.690. The summed E-state index contributed by atoms with van der Waals surface area (Å²) >= 11 is 0. The summed E-state index contributed by atoms with van der Waals surface area (Å²) in [5, 5.41) is 0. The van der Waals surface area contributed by atoms with E-state index in [9.17, 15) is 14.4 Å². The minimum absolute atomic E-state index is 0.538. The zero-order valence-electron chi connectivity index (χ0n) is 12.2. The van der Waals surface area contributed by atoms with E-state index in [2.05, 4.69) is 0 Å². The van der Waals surface area contributed by atoms with Gasteiger partial charge in [0, 0.05) is 13.0 Å². The highest BCUT2D eigenvalue weighted by Gasteiger charge is 2.49. The normalized spacial score (nSPS) is 29.4. The zero-order valence-corrected chi connectivity index (χ0v) is 12.2. The fourth-order valence-corrected chi connectivity index (χ4v) is 2.59. The maximum Gasteiger partial charge on any atom is 0.509 e. The Kier molecular flexibility index (Phi) is 4.01. The molecule has 0 aromatic heterocycles. The minimum Gasteiger partial charge on any atom is -0.454 e. The third-order valence-electron chi connectivity index (χ3n) is 3.51. The van der Waals surface area contributed by atoms with Gasteiger partial charge in [-0.05, 0) is 11.6 Å². The van der Waals surface area contributed by atoms with Gasteiger partial charge < -0.3 is 18.9 Å². The highest BCUT2D eigenvalue weighted by molar-refractivity contribution is 5.83. The van der Waals surface area contributed by atoms with Crippen molar-refractivity contribution < 1.29 is 33.3 Å². The summed E-state index contributed by atoms with van der Waals surface area (Å²) in [6.45, 7) is 1.24. The lowest BCUT2D eigenvalue weighted by molar-refractivity contribution is -0.171. The predicted octanol–water partition coefficient (Wildman–Crippen LogP) is 1.68. The Morgan fingerprint density at radius 3 is 2.48 bits per heavy atom. The molecule has 1 aromatic rings. The number of carbonyl (C=O) groups excluding carboxylic acids is 3. The average molecular weight is 318 g/mol. The van der Waals surface area contributed by atoms with Crippen molar-refractivity contribution >= 4 is 18.1 Å². The molecule has 1 aromatic carbocycles. The number of rotatable bonds is 3. The molecule has 2 aliphatic heterocycles. The number of carbonyl (C=O) groups is 3. The summed E-state index contributed by atoms with van der Waals surface area (Å²) in [6.07, 6.45) is -1.79. The molecular weight excluding hydrogens is 304 g/mol. The van der Waals surface area contributed by atoms with E-state index in [1.165, 1.54) is 19.1 Å². The van der Waals surface area contributed by atoms with Gasteiger partial charge in [0.15, 0.2) is 24.4 Å². The van der Waals surface area contributed by atoms with Gasteiger partial charge in [-0.15, -0.1) is 0 Å². The molecule has 4 atom stereocenters. The molecule has 2 aliphatic rings. The van der Waals surface area contributed by atoms with Crippen LogP contribution in [0.1, 0.15) is 18.6 Å². The van der Waals surface area contributed by atoms with Crippen molar-refractivity contribution in [3.8, 4) is 0 Å². The van der Waals surface area contributed by atoms with Crippen LogP contribution in [0.4, 0.5) is 4.79 Å². The first-order chi connectivity index (χ1) is 11.0. The number of benzene rings is 1. The first-order valence-corrected chi connectivity index (χ1v) is 7.03. The summed E-state index contributed by atoms with van der Waals surface area (Å²) in [7, 11) is 0. The molecule has 7 nitrogen and oxygen atoms in total. The van der Waals surface area contributed by atoms with Crippen LogP contribution in [0.15, 0.2) is 42.5 Å². The van der Waals surface area contributed by atoms with Gasteiger partial charge in [0.25, 0.3) is 0 Å². The van der Waals surface area contributed by atoms with Gasteiger partial charge >= 0.3 is 18.1 Å². The standard InChI is InChI=1S/C16H14O7/c1-9(17)20-11-7-8-12(18)21-14(11)15-13(22-16(19)23-15)10-5-3-2-4-6-10/h2-8,11,13-15H,1H3/t11-,13+,14+,15-/m0/s1. The first-order valence-electron chi connectivity index (χ1n) is 7.03. The van der Waals surface area contributed by atoms with E-state index in [1.54, 1.807) is 24.3 Å². The zero-order chi connectivity index (χ0) is 16.4. The van der Waals surface area contributed by atoms with Crippen molar-refractivity contribution in [1.29, 1.82) is 0 Å². The molecule has 0 bridgehead atoms. The van der Waals surface area contributed by atoms with Crippen molar-refractivity contribution in [1.82, 2.24) is 0 Å². The Labute approximate surface area is 131 Å². The van der Waals surface area contributed by atoms with Gasteiger partial charge in [-0.1, -0.05) is 30.3 Å². The van der Waals surface area contributed by atoms with Crippen LogP contribution in [0.3, 0.4) is 0 Å². The molecule has 0 saturated carbocycles. The van der Waals surface area contributed by atoms with E-state index in [0.29, 0.717) is 5.56 Å². The third kappa shape index (κ3) is 3.18. The van der Waals surface area contributed by atoms with Gasteiger partial charge in [-0.2, -0.15) is 0 Å². The van der Waals surface area contributed by atoms with E-state index in [1.807, 2.05) is 6.07 Å². The van der Waals surface area contributed by atoms with Gasteiger partial charge in [0.1, 0.15) is 0 Å². The monoisotopic (exact) mass is 318 g/mol. The molecule has 0 unspecified atom stereocenters. The Morgan fingerprint density at radius 1 is 1.04 bits per heavy atom. The Balaban J connectivity index is 1.90. The lowest BCUT2D eigenvalue weighted by Crippen LogP contribution is -2.46. The van der Waals surface area contributed by atoms with E-state index < -0.39 is 42.5 Å². The van der Waals surface area contributed by atoms with Crippen LogP contribution in [0.25, 0.3) is 0 Å². The molecule has 0 aliphatic carbocycles. The summed E-state index contributed by atoms with van der Waals surface area (Å²) in [5.74, 6) is -1.14. The Morgan fingerprint density at radius 2 is 1.78 bits per heavy atom. The van der Waals surface area contributed by atoms with Crippen molar-refractivity contribution in [2.45, 2.75) is 31.3 Å². The fourth-order valence-electron chi connectivity index (χ4n) is 2.59. The van der Waals surface area contributed by atoms with Crippen LogP contribution >= 0.6 is 0 Å². The maximum atomic E-state index is 11.6. The second-order valence-corrected chi connectivity index (χ2v) is 5.12. The second-order valence-electron chi connectivity index (χ2n) is 5.12. The molecule has 1 saturated heterocycles. The van der Waals surface area contributed by atoms with Crippen LogP contribution in [0.5, 0.6) is 0 Å². The molecule has 0 spiro atoms. The SMILES string of the molecule is CC(=O)O[C@H]1C=CC(=O)O[C@H]1[C@H]1OC(=O)O[C@@H]1c1ccccc1. The van der Waals surface area contributed by atoms with Crippen LogP contribution in [0, 0.1) is 0 Å². The smallest absolute Gasteiger partial charge is 0.454 e. The minimum atomic E-state index is -0.979. The second kappa shape index (κ2) is 6.12. The Bertz CT molecular complexity index is 652. The number of ether oxygens (including phenoxy) is 4. The van der Waals surface area contributed by atoms with Crippen LogP contribution in [0.2, 0.25) is 0 Å². The lowest BCUT2D eigenvalue weighted by atomic mass is 9.96. The molecular formula is C16H14O7. The molecule has 0 amide bonds. The summed E-state index contributed by atoms with van der Waals surface area (Å²) < 4.78 is 20.7. The van der Waals surface area contributed by atoms with Gasteiger partial charge in [-0.25, -0.2) is 9.59 Å². The van der Waals surface area contributed by atoms with Crippen molar-refractivity contribution in [3.63, 3.8) is 0 Å². The quantitative estimate of drug-likeness (QED) is 0.619. The summed E-state index contributed by atoms with van der Waals surface area (Å²) in [6, 6.07) is 8.92. The molecule has 23 heavy (non-hydrogen) atoms. The number of esters is 2. The molecule has 2 heterocycles. The van der Waals surface area contributed by atoms with Gasteiger partial charge in [-0.3, -0.25) is 4.79 Å². The predicted molar refractivity (Wildman–Crippen MR) is 75.1 cm³/mol. The highest BCUT2D eigenvalue weighted by Crippen LogP contribution is 2.35. The fraction of sp³-hybridized carbons (Fsp3) is 0.312.